The molecule has 4 unspecified atom stereocenters. The van der Waals surface area contributed by atoms with Gasteiger partial charge in [-0.25, -0.2) is 24.3 Å². The summed E-state index contributed by atoms with van der Waals surface area (Å²) in [5.41, 5.74) is 2.27. The maximum Gasteiger partial charge on any atom is 0.209 e. The second-order valence-electron chi connectivity index (χ2n) is 11.1. The summed E-state index contributed by atoms with van der Waals surface area (Å²) in [5, 5.41) is 25.2. The third kappa shape index (κ3) is 3.80. The fourth-order valence-corrected chi connectivity index (χ4v) is 6.42. The third-order valence-corrected chi connectivity index (χ3v) is 8.76. The summed E-state index contributed by atoms with van der Waals surface area (Å²) in [6.07, 6.45) is 2.32. The van der Waals surface area contributed by atoms with E-state index in [4.69, 9.17) is 4.98 Å². The first-order valence-electron chi connectivity index (χ1n) is 13.4. The van der Waals surface area contributed by atoms with E-state index in [2.05, 4.69) is 32.1 Å². The van der Waals surface area contributed by atoms with Gasteiger partial charge in [-0.3, -0.25) is 4.79 Å². The number of hydrogen-bond donors (Lipinski definition) is 3. The number of Topliss-reactive ketones (excluding diaryl/α,β-unsaturated/α-hetero) is 1. The van der Waals surface area contributed by atoms with E-state index in [1.54, 1.807) is 30.1 Å². The number of nitrogens with zero attached hydrogens (tertiary/aromatic N) is 5. The molecule has 3 fully saturated rings. The second-order valence-corrected chi connectivity index (χ2v) is 11.1. The minimum Gasteiger partial charge on any atom is -0.389 e. The van der Waals surface area contributed by atoms with Gasteiger partial charge in [-0.05, 0) is 73.8 Å². The smallest absolute Gasteiger partial charge is 0.209 e. The van der Waals surface area contributed by atoms with Crippen molar-refractivity contribution in [2.45, 2.75) is 56.9 Å². The van der Waals surface area contributed by atoms with Crippen LogP contribution in [0, 0.1) is 35.9 Å². The van der Waals surface area contributed by atoms with Crippen LogP contribution in [0.5, 0.6) is 0 Å². The molecule has 3 aliphatic carbocycles. The lowest BCUT2D eigenvalue weighted by Crippen LogP contribution is -2.36. The average Bonchev–Trinajstić information content (AvgIpc) is 3.83. The van der Waals surface area contributed by atoms with Gasteiger partial charge in [0.1, 0.15) is 23.4 Å². The largest absolute Gasteiger partial charge is 0.389 e. The average molecular weight is 539 g/mol. The normalized spacial score (nSPS) is 29.9. The topological polar surface area (TPSA) is 126 Å². The van der Waals surface area contributed by atoms with Crippen molar-refractivity contribution in [3.63, 3.8) is 0 Å². The summed E-state index contributed by atoms with van der Waals surface area (Å²) < 4.78 is 15.6. The van der Waals surface area contributed by atoms with Crippen LogP contribution in [0.15, 0.2) is 48.9 Å². The number of rotatable bonds is 5. The highest BCUT2D eigenvalue weighted by Crippen LogP contribution is 2.68. The van der Waals surface area contributed by atoms with E-state index < -0.39 is 23.7 Å². The quantitative estimate of drug-likeness (QED) is 0.331. The maximum absolute atomic E-state index is 13.8. The SMILES string of the molecule is CC(=O)[C@@]12CC1[C@@H](n1cnc3c(NC4CC4c4ccc(F)c(C)c4)nc(C#Cc4ccccn4)nc31)[C@H](O)C2O. The molecule has 3 N–H and O–H groups in total. The van der Waals surface area contributed by atoms with Gasteiger partial charge in [0.2, 0.25) is 5.82 Å². The maximum atomic E-state index is 13.8. The number of benzene rings is 1. The third-order valence-electron chi connectivity index (χ3n) is 8.76. The number of aliphatic hydroxyl groups excluding tert-OH is 2. The number of aliphatic hydroxyl groups is 2. The number of pyridine rings is 1. The van der Waals surface area contributed by atoms with E-state index in [9.17, 15) is 19.4 Å². The number of imidazole rings is 1. The van der Waals surface area contributed by atoms with Crippen molar-refractivity contribution in [2.75, 3.05) is 5.32 Å². The zero-order valence-corrected chi connectivity index (χ0v) is 21.9. The molecule has 40 heavy (non-hydrogen) atoms. The number of halogens is 1. The Labute approximate surface area is 229 Å². The predicted octanol–water partition coefficient (Wildman–Crippen LogP) is 2.91. The summed E-state index contributed by atoms with van der Waals surface area (Å²) in [6.45, 7) is 3.22. The zero-order valence-electron chi connectivity index (χ0n) is 21.9. The molecule has 7 atom stereocenters. The lowest BCUT2D eigenvalue weighted by atomic mass is 9.95. The zero-order chi connectivity index (χ0) is 27.8. The molecule has 0 saturated heterocycles. The van der Waals surface area contributed by atoms with Crippen LogP contribution >= 0.6 is 0 Å². The highest BCUT2D eigenvalue weighted by atomic mass is 19.1. The number of fused-ring (bicyclic) bond motifs is 2. The van der Waals surface area contributed by atoms with Gasteiger partial charge in [-0.15, -0.1) is 0 Å². The summed E-state index contributed by atoms with van der Waals surface area (Å²) >= 11 is 0. The minimum absolute atomic E-state index is 0.0670. The van der Waals surface area contributed by atoms with Crippen molar-refractivity contribution in [3.05, 3.63) is 77.4 Å². The molecule has 7 rings (SSSR count). The highest BCUT2D eigenvalue weighted by molar-refractivity contribution is 5.88. The molecule has 0 radical (unpaired) electrons. The van der Waals surface area contributed by atoms with E-state index in [0.717, 1.165) is 12.0 Å². The van der Waals surface area contributed by atoms with Crippen LogP contribution in [0.2, 0.25) is 0 Å². The van der Waals surface area contributed by atoms with Crippen molar-refractivity contribution in [2.24, 2.45) is 11.3 Å². The Morgan fingerprint density at radius 1 is 1.18 bits per heavy atom. The minimum atomic E-state index is -1.15. The van der Waals surface area contributed by atoms with Gasteiger partial charge in [0, 0.05) is 18.2 Å². The number of ketones is 1. The van der Waals surface area contributed by atoms with Crippen LogP contribution in [0.25, 0.3) is 11.2 Å². The number of anilines is 1. The molecule has 0 bridgehead atoms. The van der Waals surface area contributed by atoms with Crippen LogP contribution in [0.3, 0.4) is 0 Å². The molecule has 202 valence electrons. The molecule has 0 amide bonds. The Morgan fingerprint density at radius 2 is 2.02 bits per heavy atom. The van der Waals surface area contributed by atoms with Crippen molar-refractivity contribution in [1.82, 2.24) is 24.5 Å². The first-order valence-corrected chi connectivity index (χ1v) is 13.4. The highest BCUT2D eigenvalue weighted by Gasteiger charge is 2.74. The number of carbonyl (C=O) groups is 1. The molecule has 10 heteroatoms. The summed E-state index contributed by atoms with van der Waals surface area (Å²) in [7, 11) is 0. The van der Waals surface area contributed by atoms with Gasteiger partial charge in [0.25, 0.3) is 0 Å². The van der Waals surface area contributed by atoms with Crippen LogP contribution in [-0.4, -0.2) is 58.7 Å². The van der Waals surface area contributed by atoms with E-state index >= 15 is 0 Å². The van der Waals surface area contributed by atoms with E-state index in [-0.39, 0.29) is 35.3 Å². The Morgan fingerprint density at radius 3 is 2.75 bits per heavy atom. The molecule has 9 nitrogen and oxygen atoms in total. The van der Waals surface area contributed by atoms with Crippen LogP contribution in [-0.2, 0) is 4.79 Å². The van der Waals surface area contributed by atoms with Crippen LogP contribution in [0.4, 0.5) is 10.2 Å². The number of aryl methyl sites for hydroxylation is 1. The molecule has 4 aromatic rings. The molecule has 1 aromatic carbocycles. The van der Waals surface area contributed by atoms with Gasteiger partial charge in [-0.1, -0.05) is 18.2 Å². The van der Waals surface area contributed by atoms with Gasteiger partial charge in [0.15, 0.2) is 17.0 Å². The molecule has 0 spiro atoms. The van der Waals surface area contributed by atoms with Gasteiger partial charge >= 0.3 is 0 Å². The monoisotopic (exact) mass is 538 g/mol. The van der Waals surface area contributed by atoms with Gasteiger partial charge in [-0.2, -0.15) is 0 Å². The Bertz CT molecular complexity index is 1730. The first-order chi connectivity index (χ1) is 19.3. The van der Waals surface area contributed by atoms with Gasteiger partial charge < -0.3 is 20.1 Å². The molecular weight excluding hydrogens is 511 g/mol. The van der Waals surface area contributed by atoms with E-state index in [0.29, 0.717) is 34.7 Å². The Kier molecular flexibility index (Phi) is 5.53. The fourth-order valence-electron chi connectivity index (χ4n) is 6.42. The van der Waals surface area contributed by atoms with Crippen molar-refractivity contribution < 1.29 is 19.4 Å². The Balaban J connectivity index is 1.27. The number of carbonyl (C=O) groups excluding carboxylic acids is 1. The van der Waals surface area contributed by atoms with Gasteiger partial charge in [0.05, 0.1) is 23.9 Å². The number of nitrogens with one attached hydrogen (secondary N) is 1. The molecule has 3 aromatic heterocycles. The number of aromatic nitrogens is 5. The van der Waals surface area contributed by atoms with Crippen LogP contribution in [0.1, 0.15) is 54.4 Å². The standard InChI is InChI=1S/C30H27FN6O3/c1-15-11-17(6-8-21(15)31)19-12-22(19)34-28-24-29(36-23(35-28)9-7-18-5-3-4-10-32-18)37(14-33-24)25-20-13-30(20,16(2)38)27(40)26(25)39/h3-6,8,10-11,14,19-20,22,25-27,39-40H,12-13H2,1-2H3,(H,34,35,36)/t19?,20?,22?,25-,26+,27?,30+/m1/s1. The second kappa shape index (κ2) is 8.91. The fraction of sp³-hybridized carbons (Fsp3) is 0.367. The molecule has 3 saturated carbocycles. The van der Waals surface area contributed by atoms with Crippen molar-refractivity contribution in [3.8, 4) is 11.8 Å². The van der Waals surface area contributed by atoms with E-state index in [1.165, 1.54) is 13.0 Å². The molecule has 0 aliphatic heterocycles. The lowest BCUT2D eigenvalue weighted by molar-refractivity contribution is -0.128. The van der Waals surface area contributed by atoms with E-state index in [1.807, 2.05) is 24.3 Å². The van der Waals surface area contributed by atoms with Crippen molar-refractivity contribution in [1.29, 1.82) is 0 Å². The summed E-state index contributed by atoms with van der Waals surface area (Å²) in [4.78, 5) is 30.6. The lowest BCUT2D eigenvalue weighted by Gasteiger charge is -2.23. The molecular formula is C30H27FN6O3. The number of hydrogen-bond acceptors (Lipinski definition) is 8. The van der Waals surface area contributed by atoms with Crippen LogP contribution < -0.4 is 5.32 Å². The first kappa shape index (κ1) is 24.8. The molecule has 3 aliphatic rings. The molecule has 3 heterocycles. The van der Waals surface area contributed by atoms with Crippen molar-refractivity contribution >= 4 is 22.8 Å². The Hall–Kier alpha value is -4.20. The predicted molar refractivity (Wildman–Crippen MR) is 144 cm³/mol. The summed E-state index contributed by atoms with van der Waals surface area (Å²) in [5.74, 6) is 6.38. The summed E-state index contributed by atoms with van der Waals surface area (Å²) in [6, 6.07) is 10.1.